The first-order valence-corrected chi connectivity index (χ1v) is 4.54. The van der Waals surface area contributed by atoms with Crippen molar-refractivity contribution in [2.24, 2.45) is 0 Å². The number of ether oxygens (including phenoxy) is 1. The molecule has 0 spiro atoms. The second-order valence-electron chi connectivity index (χ2n) is 3.16. The molecule has 0 aromatic carbocycles. The van der Waals surface area contributed by atoms with Gasteiger partial charge in [0.15, 0.2) is 0 Å². The molecule has 0 saturated heterocycles. The Morgan fingerprint density at radius 1 is 1.62 bits per heavy atom. The zero-order chi connectivity index (χ0) is 10.3. The highest BCUT2D eigenvalue weighted by Crippen LogP contribution is 2.07. The smallest absolute Gasteiger partial charge is 0.308 e. The maximum absolute atomic E-state index is 10.9. The number of hydrogen-bond acceptors (Lipinski definition) is 3. The minimum Gasteiger partial charge on any atom is -0.466 e. The summed E-state index contributed by atoms with van der Waals surface area (Å²) in [6.45, 7) is 7.73. The minimum absolute atomic E-state index is 0.0844. The number of esters is 1. The Hall–Kier alpha value is -0.830. The lowest BCUT2D eigenvalue weighted by Crippen LogP contribution is -2.15. The van der Waals surface area contributed by atoms with E-state index in [0.717, 1.165) is 12.0 Å². The van der Waals surface area contributed by atoms with Gasteiger partial charge < -0.3 is 9.84 Å². The maximum Gasteiger partial charge on any atom is 0.308 e. The molecule has 0 heterocycles. The van der Waals surface area contributed by atoms with E-state index >= 15 is 0 Å². The van der Waals surface area contributed by atoms with Gasteiger partial charge in [-0.15, -0.1) is 6.58 Å². The van der Waals surface area contributed by atoms with E-state index in [1.807, 2.05) is 6.92 Å². The van der Waals surface area contributed by atoms with Gasteiger partial charge in [0, 0.05) is 0 Å². The van der Waals surface area contributed by atoms with Gasteiger partial charge in [-0.3, -0.25) is 4.79 Å². The summed E-state index contributed by atoms with van der Waals surface area (Å²) in [6, 6.07) is 0. The van der Waals surface area contributed by atoms with Gasteiger partial charge in [-0.05, 0) is 26.7 Å². The normalized spacial score (nSPS) is 12.2. The molecule has 0 aliphatic carbocycles. The van der Waals surface area contributed by atoms with Crippen LogP contribution in [0.1, 0.15) is 33.1 Å². The van der Waals surface area contributed by atoms with Crippen molar-refractivity contribution in [3.8, 4) is 0 Å². The summed E-state index contributed by atoms with van der Waals surface area (Å²) in [5.41, 5.74) is 1.02. The molecule has 0 aliphatic rings. The van der Waals surface area contributed by atoms with Crippen LogP contribution in [0, 0.1) is 0 Å². The summed E-state index contributed by atoms with van der Waals surface area (Å²) >= 11 is 0. The fourth-order valence-electron chi connectivity index (χ4n) is 0.927. The predicted molar refractivity (Wildman–Crippen MR) is 51.3 cm³/mol. The van der Waals surface area contributed by atoms with Crippen LogP contribution >= 0.6 is 0 Å². The molecule has 0 bridgehead atoms. The van der Waals surface area contributed by atoms with E-state index in [0.29, 0.717) is 13.0 Å². The lowest BCUT2D eigenvalue weighted by molar-refractivity contribution is -0.145. The number of hydrogen-bond donors (Lipinski definition) is 1. The van der Waals surface area contributed by atoms with Crippen molar-refractivity contribution in [1.29, 1.82) is 0 Å². The molecule has 0 radical (unpaired) electrons. The zero-order valence-electron chi connectivity index (χ0n) is 8.38. The van der Waals surface area contributed by atoms with E-state index in [9.17, 15) is 9.90 Å². The monoisotopic (exact) mass is 186 g/mol. The molecular formula is C10H18O3. The molecule has 0 rings (SSSR count). The van der Waals surface area contributed by atoms with Gasteiger partial charge in [0.1, 0.15) is 0 Å². The van der Waals surface area contributed by atoms with Gasteiger partial charge in [0.2, 0.25) is 0 Å². The molecule has 1 atom stereocenters. The van der Waals surface area contributed by atoms with Crippen molar-refractivity contribution in [1.82, 2.24) is 0 Å². The van der Waals surface area contributed by atoms with E-state index in [1.54, 1.807) is 6.92 Å². The summed E-state index contributed by atoms with van der Waals surface area (Å²) in [4.78, 5) is 10.9. The van der Waals surface area contributed by atoms with Crippen molar-refractivity contribution in [2.75, 3.05) is 6.61 Å². The predicted octanol–water partition coefficient (Wildman–Crippen LogP) is 1.66. The summed E-state index contributed by atoms with van der Waals surface area (Å²) in [5, 5.41) is 9.35. The number of aliphatic hydroxyl groups is 1. The third-order valence-electron chi connectivity index (χ3n) is 1.61. The Morgan fingerprint density at radius 2 is 2.23 bits per heavy atom. The fourth-order valence-corrected chi connectivity index (χ4v) is 0.927. The van der Waals surface area contributed by atoms with Crippen molar-refractivity contribution in [2.45, 2.75) is 39.2 Å². The van der Waals surface area contributed by atoms with Crippen molar-refractivity contribution in [3.05, 3.63) is 12.2 Å². The average Bonchev–Trinajstić information content (AvgIpc) is 2.01. The van der Waals surface area contributed by atoms with Crippen LogP contribution in [0.25, 0.3) is 0 Å². The van der Waals surface area contributed by atoms with Crippen LogP contribution in [-0.4, -0.2) is 23.8 Å². The molecule has 3 heteroatoms. The molecular weight excluding hydrogens is 168 g/mol. The van der Waals surface area contributed by atoms with E-state index in [4.69, 9.17) is 4.74 Å². The van der Waals surface area contributed by atoms with Gasteiger partial charge in [0.25, 0.3) is 0 Å². The molecule has 0 aromatic heterocycles. The molecule has 0 saturated carbocycles. The van der Waals surface area contributed by atoms with Crippen LogP contribution in [0.5, 0.6) is 0 Å². The number of allylic oxidation sites excluding steroid dienone is 1. The molecule has 0 aromatic rings. The van der Waals surface area contributed by atoms with Gasteiger partial charge in [-0.1, -0.05) is 5.57 Å². The van der Waals surface area contributed by atoms with Crippen LogP contribution in [0.2, 0.25) is 0 Å². The summed E-state index contributed by atoms with van der Waals surface area (Å²) < 4.78 is 4.70. The molecule has 76 valence electrons. The minimum atomic E-state index is -0.601. The molecule has 3 nitrogen and oxygen atoms in total. The van der Waals surface area contributed by atoms with E-state index < -0.39 is 6.10 Å². The van der Waals surface area contributed by atoms with Gasteiger partial charge >= 0.3 is 5.97 Å². The van der Waals surface area contributed by atoms with E-state index in [1.165, 1.54) is 0 Å². The number of carbonyl (C=O) groups is 1. The zero-order valence-corrected chi connectivity index (χ0v) is 8.38. The van der Waals surface area contributed by atoms with Gasteiger partial charge in [-0.2, -0.15) is 0 Å². The average molecular weight is 186 g/mol. The third-order valence-corrected chi connectivity index (χ3v) is 1.61. The summed E-state index contributed by atoms with van der Waals surface area (Å²) in [5.74, 6) is -0.336. The standard InChI is InChI=1S/C10H18O3/c1-4-13-10(12)7-9(11)6-5-8(2)3/h9,11H,2,4-7H2,1,3H3. The molecule has 0 amide bonds. The van der Waals surface area contributed by atoms with Crippen molar-refractivity contribution in [3.63, 3.8) is 0 Å². The number of rotatable bonds is 6. The first-order valence-electron chi connectivity index (χ1n) is 4.54. The van der Waals surface area contributed by atoms with Gasteiger partial charge in [-0.25, -0.2) is 0 Å². The lowest BCUT2D eigenvalue weighted by Gasteiger charge is -2.09. The number of carbonyl (C=O) groups excluding carboxylic acids is 1. The highest BCUT2D eigenvalue weighted by Gasteiger charge is 2.10. The quantitative estimate of drug-likeness (QED) is 0.507. The Labute approximate surface area is 79.4 Å². The van der Waals surface area contributed by atoms with Crippen LogP contribution in [0.3, 0.4) is 0 Å². The Bertz CT molecular complexity index is 175. The Kier molecular flexibility index (Phi) is 6.24. The van der Waals surface area contributed by atoms with Crippen LogP contribution < -0.4 is 0 Å². The topological polar surface area (TPSA) is 46.5 Å². The third kappa shape index (κ3) is 7.53. The molecule has 1 unspecified atom stereocenters. The Balaban J connectivity index is 3.55. The summed E-state index contributed by atoms with van der Waals surface area (Å²) in [7, 11) is 0. The van der Waals surface area contributed by atoms with Crippen molar-refractivity contribution < 1.29 is 14.6 Å². The Morgan fingerprint density at radius 3 is 2.69 bits per heavy atom. The summed E-state index contributed by atoms with van der Waals surface area (Å²) in [6.07, 6.45) is 0.811. The molecule has 1 N–H and O–H groups in total. The molecule has 0 fully saturated rings. The highest BCUT2D eigenvalue weighted by atomic mass is 16.5. The first-order chi connectivity index (χ1) is 6.06. The number of aliphatic hydroxyl groups excluding tert-OH is 1. The SMILES string of the molecule is C=C(C)CCC(O)CC(=O)OCC. The maximum atomic E-state index is 10.9. The van der Waals surface area contributed by atoms with E-state index in [-0.39, 0.29) is 12.4 Å². The highest BCUT2D eigenvalue weighted by molar-refractivity contribution is 5.69. The second kappa shape index (κ2) is 6.66. The largest absolute Gasteiger partial charge is 0.466 e. The fraction of sp³-hybridized carbons (Fsp3) is 0.700. The second-order valence-corrected chi connectivity index (χ2v) is 3.16. The van der Waals surface area contributed by atoms with Crippen LogP contribution in [0.15, 0.2) is 12.2 Å². The van der Waals surface area contributed by atoms with Crippen LogP contribution in [0.4, 0.5) is 0 Å². The molecule has 0 aliphatic heterocycles. The van der Waals surface area contributed by atoms with Gasteiger partial charge in [0.05, 0.1) is 19.1 Å². The molecule has 13 heavy (non-hydrogen) atoms. The first kappa shape index (κ1) is 12.2. The van der Waals surface area contributed by atoms with Crippen molar-refractivity contribution >= 4 is 5.97 Å². The van der Waals surface area contributed by atoms with Crippen LogP contribution in [-0.2, 0) is 9.53 Å². The van der Waals surface area contributed by atoms with E-state index in [2.05, 4.69) is 6.58 Å². The lowest BCUT2D eigenvalue weighted by atomic mass is 10.1.